The maximum absolute atomic E-state index is 13.2. The molecule has 6 atom stereocenters. The first-order valence-electron chi connectivity index (χ1n) is 47.0. The second-order valence-electron chi connectivity index (χ2n) is 33.4. The fourth-order valence-corrected chi connectivity index (χ4v) is 15.9. The number of carbonyl (C=O) groups is 4. The zero-order valence-electron chi connectivity index (χ0n) is 72.6. The molecule has 654 valence electrons. The molecule has 17 nitrogen and oxygen atoms in total. The summed E-state index contributed by atoms with van der Waals surface area (Å²) in [6, 6.07) is 0. The molecule has 0 fully saturated rings. The van der Waals surface area contributed by atoms with Crippen molar-refractivity contribution in [2.24, 2.45) is 11.8 Å². The van der Waals surface area contributed by atoms with E-state index in [4.69, 9.17) is 37.0 Å². The van der Waals surface area contributed by atoms with Gasteiger partial charge in [0.05, 0.1) is 26.4 Å². The number of hydrogen-bond donors (Lipinski definition) is 3. The molecule has 3 unspecified atom stereocenters. The lowest BCUT2D eigenvalue weighted by Crippen LogP contribution is -2.30. The fourth-order valence-electron chi connectivity index (χ4n) is 14.3. The molecule has 0 saturated heterocycles. The average Bonchev–Trinajstić information content (AvgIpc) is 0.898. The van der Waals surface area contributed by atoms with E-state index in [1.807, 2.05) is 0 Å². The van der Waals surface area contributed by atoms with Crippen molar-refractivity contribution < 1.29 is 80.2 Å². The summed E-state index contributed by atoms with van der Waals surface area (Å²) in [5.74, 6) is -0.547. The Hall–Kier alpha value is -1.94. The van der Waals surface area contributed by atoms with Crippen LogP contribution in [0.3, 0.4) is 0 Å². The van der Waals surface area contributed by atoms with Crippen molar-refractivity contribution in [1.29, 1.82) is 0 Å². The molecule has 0 saturated carbocycles. The summed E-state index contributed by atoms with van der Waals surface area (Å²) in [7, 11) is -9.93. The largest absolute Gasteiger partial charge is 0.472 e. The van der Waals surface area contributed by atoms with Gasteiger partial charge in [-0.1, -0.05) is 440 Å². The van der Waals surface area contributed by atoms with E-state index in [9.17, 15) is 43.2 Å². The molecule has 0 bridgehead atoms. The SMILES string of the molecule is CCCCCCCCCCCCCCCCCCCCCCCC(=O)OC[C@H](COP(=O)(O)OC[C@@H](O)COP(=O)(O)OC[C@@H](COC(=O)CCCCCCCCC(C)CC)OC(=O)CCCCCCCCCCCCCCCCCCCC)OC(=O)CCCCCCCCCCCCCCCCCCCCC(C)C. The van der Waals surface area contributed by atoms with E-state index in [2.05, 4.69) is 41.5 Å². The first-order valence-corrected chi connectivity index (χ1v) is 50.0. The number of aliphatic hydroxyl groups excluding tert-OH is 1. The van der Waals surface area contributed by atoms with Crippen LogP contribution in [-0.2, 0) is 65.4 Å². The van der Waals surface area contributed by atoms with Gasteiger partial charge in [-0.15, -0.1) is 0 Å². The Morgan fingerprint density at radius 1 is 0.264 bits per heavy atom. The van der Waals surface area contributed by atoms with Gasteiger partial charge in [-0.3, -0.25) is 37.3 Å². The highest BCUT2D eigenvalue weighted by atomic mass is 31.2. The van der Waals surface area contributed by atoms with Gasteiger partial charge < -0.3 is 33.8 Å². The Morgan fingerprint density at radius 3 is 0.691 bits per heavy atom. The highest BCUT2D eigenvalue weighted by molar-refractivity contribution is 7.47. The predicted octanol–water partition coefficient (Wildman–Crippen LogP) is 28.2. The second-order valence-corrected chi connectivity index (χ2v) is 36.3. The highest BCUT2D eigenvalue weighted by Gasteiger charge is 2.31. The van der Waals surface area contributed by atoms with Crippen LogP contribution in [0.4, 0.5) is 0 Å². The first kappa shape index (κ1) is 108. The van der Waals surface area contributed by atoms with Crippen molar-refractivity contribution in [2.75, 3.05) is 39.6 Å². The van der Waals surface area contributed by atoms with E-state index >= 15 is 0 Å². The standard InChI is InChI=1S/C91H178O17P2/c1-7-10-12-14-16-18-20-22-24-26-28-29-30-35-38-42-46-50-54-61-67-73-88(93)101-79-86(107-90(95)75-69-64-56-52-48-44-40-36-32-31-33-37-41-45-49-53-59-65-71-83(4)5)81-105-109(97,98)103-77-85(92)78-104-110(99,100)106-82-87(80-102-89(94)74-68-62-58-57-60-66-72-84(6)9-3)108-91(96)76-70-63-55-51-47-43-39-34-27-25-23-21-19-17-15-13-11-8-2/h83-87,92H,7-82H2,1-6H3,(H,97,98)(H,99,100)/t84?,85-,86-,87-/m1/s1. The Balaban J connectivity index is 5.22. The zero-order valence-corrected chi connectivity index (χ0v) is 74.4. The Labute approximate surface area is 677 Å². The Morgan fingerprint density at radius 2 is 0.464 bits per heavy atom. The second kappa shape index (κ2) is 82.2. The number of aliphatic hydroxyl groups is 1. The minimum atomic E-state index is -4.97. The molecular weight excluding hydrogens is 1430 g/mol. The molecule has 0 heterocycles. The van der Waals surface area contributed by atoms with E-state index in [0.29, 0.717) is 25.7 Å². The van der Waals surface area contributed by atoms with Crippen LogP contribution in [-0.4, -0.2) is 96.7 Å². The lowest BCUT2D eigenvalue weighted by Gasteiger charge is -2.21. The molecule has 0 radical (unpaired) electrons. The molecule has 3 N–H and O–H groups in total. The number of esters is 4. The third-order valence-corrected chi connectivity index (χ3v) is 23.7. The molecule has 19 heteroatoms. The molecule has 0 aromatic carbocycles. The lowest BCUT2D eigenvalue weighted by molar-refractivity contribution is -0.161. The van der Waals surface area contributed by atoms with Crippen molar-refractivity contribution in [3.8, 4) is 0 Å². The summed E-state index contributed by atoms with van der Waals surface area (Å²) < 4.78 is 69.0. The topological polar surface area (TPSA) is 237 Å². The highest BCUT2D eigenvalue weighted by Crippen LogP contribution is 2.45. The zero-order chi connectivity index (χ0) is 80.6. The van der Waals surface area contributed by atoms with E-state index in [0.717, 1.165) is 108 Å². The van der Waals surface area contributed by atoms with Crippen molar-refractivity contribution in [1.82, 2.24) is 0 Å². The number of phosphoric acid groups is 2. The van der Waals surface area contributed by atoms with Crippen molar-refractivity contribution in [3.63, 3.8) is 0 Å². The summed E-state index contributed by atoms with van der Waals surface area (Å²) in [5, 5.41) is 10.7. The van der Waals surface area contributed by atoms with Gasteiger partial charge >= 0.3 is 39.5 Å². The van der Waals surface area contributed by atoms with Crippen LogP contribution in [0.25, 0.3) is 0 Å². The summed E-state index contributed by atoms with van der Waals surface area (Å²) in [4.78, 5) is 73.4. The van der Waals surface area contributed by atoms with Gasteiger partial charge in [0.1, 0.15) is 19.3 Å². The quantitative estimate of drug-likeness (QED) is 0.0222. The van der Waals surface area contributed by atoms with E-state index < -0.39 is 97.5 Å². The molecule has 0 spiro atoms. The lowest BCUT2D eigenvalue weighted by atomic mass is 10.00. The number of phosphoric ester groups is 2. The number of unbranched alkanes of at least 4 members (excludes halogenated alkanes) is 59. The number of hydrogen-bond acceptors (Lipinski definition) is 15. The van der Waals surface area contributed by atoms with Crippen LogP contribution >= 0.6 is 15.6 Å². The van der Waals surface area contributed by atoms with E-state index in [1.54, 1.807) is 0 Å². The van der Waals surface area contributed by atoms with Gasteiger partial charge in [0.25, 0.3) is 0 Å². The van der Waals surface area contributed by atoms with Crippen LogP contribution in [0.1, 0.15) is 491 Å². The van der Waals surface area contributed by atoms with Crippen LogP contribution < -0.4 is 0 Å². The Kier molecular flexibility index (Phi) is 80.7. The molecule has 0 rings (SSSR count). The van der Waals surface area contributed by atoms with Crippen LogP contribution in [0.15, 0.2) is 0 Å². The van der Waals surface area contributed by atoms with Gasteiger partial charge in [0, 0.05) is 25.7 Å². The molecule has 0 amide bonds. The average molecular weight is 1610 g/mol. The fraction of sp³-hybridized carbons (Fsp3) is 0.956. The van der Waals surface area contributed by atoms with Gasteiger partial charge in [-0.05, 0) is 37.5 Å². The first-order chi connectivity index (χ1) is 53.4. The summed E-state index contributed by atoms with van der Waals surface area (Å²) in [5.41, 5.74) is 0. The third-order valence-electron chi connectivity index (χ3n) is 21.8. The summed E-state index contributed by atoms with van der Waals surface area (Å²) in [6.45, 7) is 9.70. The summed E-state index contributed by atoms with van der Waals surface area (Å²) >= 11 is 0. The predicted molar refractivity (Wildman–Crippen MR) is 455 cm³/mol. The molecule has 0 aromatic rings. The number of carbonyl (C=O) groups excluding carboxylic acids is 4. The van der Waals surface area contributed by atoms with Gasteiger partial charge in [-0.2, -0.15) is 0 Å². The third kappa shape index (κ3) is 82.6. The smallest absolute Gasteiger partial charge is 0.462 e. The van der Waals surface area contributed by atoms with Crippen LogP contribution in [0.5, 0.6) is 0 Å². The maximum Gasteiger partial charge on any atom is 0.472 e. The molecule has 0 aliphatic carbocycles. The maximum atomic E-state index is 13.2. The minimum absolute atomic E-state index is 0.108. The normalized spacial score (nSPS) is 14.0. The minimum Gasteiger partial charge on any atom is -0.462 e. The van der Waals surface area contributed by atoms with Crippen LogP contribution in [0, 0.1) is 11.8 Å². The van der Waals surface area contributed by atoms with E-state index in [-0.39, 0.29) is 25.7 Å². The van der Waals surface area contributed by atoms with Crippen molar-refractivity contribution in [3.05, 3.63) is 0 Å². The van der Waals surface area contributed by atoms with Crippen molar-refractivity contribution in [2.45, 2.75) is 509 Å². The van der Waals surface area contributed by atoms with E-state index in [1.165, 1.54) is 302 Å². The molecular formula is C91H178O17P2. The molecule has 110 heavy (non-hydrogen) atoms. The molecule has 0 aliphatic heterocycles. The van der Waals surface area contributed by atoms with Gasteiger partial charge in [0.2, 0.25) is 0 Å². The van der Waals surface area contributed by atoms with Gasteiger partial charge in [0.15, 0.2) is 12.2 Å². The molecule has 0 aromatic heterocycles. The monoisotopic (exact) mass is 1610 g/mol. The number of ether oxygens (including phenoxy) is 4. The Bertz CT molecular complexity index is 2100. The molecule has 0 aliphatic rings. The number of rotatable bonds is 90. The van der Waals surface area contributed by atoms with Gasteiger partial charge in [-0.25, -0.2) is 9.13 Å². The summed E-state index contributed by atoms with van der Waals surface area (Å²) in [6.07, 6.45) is 76.6. The van der Waals surface area contributed by atoms with Crippen molar-refractivity contribution >= 4 is 39.5 Å². The van der Waals surface area contributed by atoms with Crippen LogP contribution in [0.2, 0.25) is 0 Å².